The van der Waals surface area contributed by atoms with Crippen molar-refractivity contribution in [3.8, 4) is 11.5 Å². The van der Waals surface area contributed by atoms with Crippen LogP contribution < -0.4 is 61.0 Å². The molecule has 25 nitrogen and oxygen atoms in total. The Morgan fingerprint density at radius 1 is 0.492 bits per heavy atom. The number of hydrogen-bond acceptors (Lipinski definition) is 13. The minimum absolute atomic E-state index is 0.0160. The summed E-state index contributed by atoms with van der Waals surface area (Å²) in [6, 6.07) is 2.31. The van der Waals surface area contributed by atoms with Crippen LogP contribution in [-0.2, 0) is 51.2 Å². The zero-order chi connectivity index (χ0) is 48.6. The maximum atomic E-state index is 13.9. The number of nitrogens with zero attached hydrogens (tertiary/aromatic N) is 2. The lowest BCUT2D eigenvalue weighted by molar-refractivity contribution is -0.142. The molecule has 0 heterocycles. The summed E-state index contributed by atoms with van der Waals surface area (Å²) in [4.78, 5) is 112. The van der Waals surface area contributed by atoms with Crippen molar-refractivity contribution in [2.24, 2.45) is 44.4 Å². The number of guanidine groups is 2. The van der Waals surface area contributed by atoms with Crippen molar-refractivity contribution in [2.45, 2.75) is 100 Å². The molecule has 2 rings (SSSR count). The van der Waals surface area contributed by atoms with Gasteiger partial charge in [0.25, 0.3) is 0 Å². The zero-order valence-corrected chi connectivity index (χ0v) is 35.5. The minimum atomic E-state index is -1.70. The highest BCUT2D eigenvalue weighted by Crippen LogP contribution is 2.14. The molecule has 0 aliphatic carbocycles. The number of carboxylic acids is 2. The number of amides is 6. The number of carbonyl (C=O) groups is 8. The number of aliphatic imine (C=N–C) groups is 2. The van der Waals surface area contributed by atoms with Crippen molar-refractivity contribution in [1.29, 1.82) is 0 Å². The van der Waals surface area contributed by atoms with Crippen LogP contribution in [0.1, 0.15) is 62.5 Å². The minimum Gasteiger partial charge on any atom is -0.508 e. The van der Waals surface area contributed by atoms with E-state index in [1.807, 2.05) is 0 Å². The van der Waals surface area contributed by atoms with Crippen molar-refractivity contribution in [2.75, 3.05) is 13.1 Å². The second-order valence-corrected chi connectivity index (χ2v) is 14.8. The Hall–Kier alpha value is -7.70. The van der Waals surface area contributed by atoms with Gasteiger partial charge in [-0.2, -0.15) is 0 Å². The molecule has 6 amide bonds. The molecule has 0 aliphatic rings. The molecule has 6 atom stereocenters. The first-order valence-corrected chi connectivity index (χ1v) is 20.3. The SMILES string of the molecule is NC(=O)CC[C@H](NC(=O)[C@H](Cc1ccc(O)cc1)NC(=O)[C@@H](N)CCCN=C(N)N)C(=O)N[C@@H](CCC(=O)O)C(=O)N[C@@H](CCCN=C(N)N)C(=O)N[C@@H](Cc1ccc(O)cc1)C(=O)O. The van der Waals surface area contributed by atoms with Crippen LogP contribution in [0.4, 0.5) is 0 Å². The van der Waals surface area contributed by atoms with E-state index in [2.05, 4.69) is 36.6 Å². The summed E-state index contributed by atoms with van der Waals surface area (Å²) in [5, 5.41) is 51.0. The Morgan fingerprint density at radius 3 is 1.28 bits per heavy atom. The van der Waals surface area contributed by atoms with Crippen LogP contribution in [0.3, 0.4) is 0 Å². The van der Waals surface area contributed by atoms with Crippen LogP contribution in [0.25, 0.3) is 0 Å². The average molecular weight is 914 g/mol. The van der Waals surface area contributed by atoms with Crippen molar-refractivity contribution in [1.82, 2.24) is 26.6 Å². The van der Waals surface area contributed by atoms with Crippen molar-refractivity contribution in [3.63, 3.8) is 0 Å². The number of aromatic hydroxyl groups is 2. The van der Waals surface area contributed by atoms with Crippen LogP contribution in [0.15, 0.2) is 58.5 Å². The van der Waals surface area contributed by atoms with Crippen LogP contribution in [0.2, 0.25) is 0 Å². The summed E-state index contributed by atoms with van der Waals surface area (Å²) >= 11 is 0. The summed E-state index contributed by atoms with van der Waals surface area (Å²) in [5.41, 5.74) is 33.8. The molecule has 0 saturated carbocycles. The van der Waals surface area contributed by atoms with E-state index in [1.165, 1.54) is 48.5 Å². The highest BCUT2D eigenvalue weighted by Gasteiger charge is 2.33. The molecule has 2 aromatic rings. The van der Waals surface area contributed by atoms with Gasteiger partial charge in [-0.1, -0.05) is 24.3 Å². The Morgan fingerprint density at radius 2 is 0.862 bits per heavy atom. The summed E-state index contributed by atoms with van der Waals surface area (Å²) in [6.07, 6.45) is -2.22. The summed E-state index contributed by atoms with van der Waals surface area (Å²) < 4.78 is 0. The first-order valence-electron chi connectivity index (χ1n) is 20.3. The van der Waals surface area contributed by atoms with E-state index in [9.17, 15) is 58.8 Å². The Balaban J connectivity index is 2.41. The van der Waals surface area contributed by atoms with E-state index in [0.29, 0.717) is 17.5 Å². The van der Waals surface area contributed by atoms with E-state index in [0.717, 1.165) is 0 Å². The molecule has 21 N–H and O–H groups in total. The number of benzene rings is 2. The third-order valence-corrected chi connectivity index (χ3v) is 9.47. The molecule has 0 unspecified atom stereocenters. The molecule has 0 saturated heterocycles. The van der Waals surface area contributed by atoms with Gasteiger partial charge in [-0.3, -0.25) is 43.5 Å². The first-order chi connectivity index (χ1) is 30.6. The number of carbonyl (C=O) groups excluding carboxylic acids is 6. The fourth-order valence-electron chi connectivity index (χ4n) is 6.03. The molecular formula is C40H59N13O12. The molecule has 0 fully saturated rings. The van der Waals surface area contributed by atoms with Crippen molar-refractivity contribution < 1.29 is 58.8 Å². The number of phenols is 2. The summed E-state index contributed by atoms with van der Waals surface area (Å²) in [7, 11) is 0. The molecule has 65 heavy (non-hydrogen) atoms. The van der Waals surface area contributed by atoms with Gasteiger partial charge in [0.05, 0.1) is 6.04 Å². The third kappa shape index (κ3) is 21.3. The lowest BCUT2D eigenvalue weighted by Crippen LogP contribution is -2.59. The number of phenolic OH excluding ortho intramolecular Hbond substituents is 2. The molecule has 0 radical (unpaired) electrons. The smallest absolute Gasteiger partial charge is 0.326 e. The molecule has 0 aromatic heterocycles. The molecule has 0 spiro atoms. The van der Waals surface area contributed by atoms with Gasteiger partial charge in [0.15, 0.2) is 11.9 Å². The van der Waals surface area contributed by atoms with Gasteiger partial charge in [-0.25, -0.2) is 4.79 Å². The largest absolute Gasteiger partial charge is 0.508 e. The van der Waals surface area contributed by atoms with Crippen LogP contribution in [0.5, 0.6) is 11.5 Å². The number of carboxylic acid groups (broad SMARTS) is 2. The predicted octanol–water partition coefficient (Wildman–Crippen LogP) is -4.04. The fraction of sp³-hybridized carbons (Fsp3) is 0.450. The third-order valence-electron chi connectivity index (χ3n) is 9.47. The number of nitrogens with one attached hydrogen (secondary N) is 5. The Kier molecular flexibility index (Phi) is 22.5. The molecule has 2 aromatic carbocycles. The van der Waals surface area contributed by atoms with Crippen LogP contribution in [0, 0.1) is 0 Å². The van der Waals surface area contributed by atoms with E-state index in [1.54, 1.807) is 0 Å². The van der Waals surface area contributed by atoms with Crippen LogP contribution >= 0.6 is 0 Å². The highest BCUT2D eigenvalue weighted by atomic mass is 16.4. The normalized spacial score (nSPS) is 13.5. The first kappa shape index (κ1) is 53.4. The quantitative estimate of drug-likeness (QED) is 0.0210. The predicted molar refractivity (Wildman–Crippen MR) is 234 cm³/mol. The van der Waals surface area contributed by atoms with Gasteiger partial charge in [-0.15, -0.1) is 0 Å². The number of aliphatic carboxylic acids is 2. The summed E-state index contributed by atoms with van der Waals surface area (Å²) in [5.74, 6) is -9.13. The van der Waals surface area contributed by atoms with Crippen molar-refractivity contribution in [3.05, 3.63) is 59.7 Å². The molecule has 25 heteroatoms. The highest BCUT2D eigenvalue weighted by molar-refractivity contribution is 5.97. The Labute approximate surface area is 373 Å². The van der Waals surface area contributed by atoms with Gasteiger partial charge < -0.3 is 81.4 Å². The number of primary amides is 1. The topological polar surface area (TPSA) is 458 Å². The van der Waals surface area contributed by atoms with Gasteiger partial charge in [0.2, 0.25) is 35.4 Å². The van der Waals surface area contributed by atoms with Crippen molar-refractivity contribution >= 4 is 59.3 Å². The number of hydrogen-bond donors (Lipinski definition) is 15. The zero-order valence-electron chi connectivity index (χ0n) is 35.5. The molecule has 0 bridgehead atoms. The average Bonchev–Trinajstić information content (AvgIpc) is 3.23. The number of nitrogens with two attached hydrogens (primary N) is 6. The summed E-state index contributed by atoms with van der Waals surface area (Å²) in [6.45, 7) is 0.154. The van der Waals surface area contributed by atoms with Gasteiger partial charge in [0.1, 0.15) is 41.7 Å². The molecular weight excluding hydrogens is 855 g/mol. The van der Waals surface area contributed by atoms with E-state index in [-0.39, 0.29) is 68.6 Å². The monoisotopic (exact) mass is 913 g/mol. The lowest BCUT2D eigenvalue weighted by Gasteiger charge is -2.27. The Bertz CT molecular complexity index is 2010. The van der Waals surface area contributed by atoms with E-state index in [4.69, 9.17) is 34.4 Å². The number of rotatable bonds is 29. The molecule has 356 valence electrons. The van der Waals surface area contributed by atoms with E-state index >= 15 is 0 Å². The second-order valence-electron chi connectivity index (χ2n) is 14.8. The van der Waals surface area contributed by atoms with Gasteiger partial charge in [0, 0.05) is 38.8 Å². The maximum absolute atomic E-state index is 13.9. The molecule has 0 aliphatic heterocycles. The second kappa shape index (κ2) is 27.4. The van der Waals surface area contributed by atoms with Gasteiger partial charge in [-0.05, 0) is 73.9 Å². The van der Waals surface area contributed by atoms with E-state index < -0.39 is 109 Å². The maximum Gasteiger partial charge on any atom is 0.326 e. The fourth-order valence-corrected chi connectivity index (χ4v) is 6.03. The van der Waals surface area contributed by atoms with Gasteiger partial charge >= 0.3 is 11.9 Å². The lowest BCUT2D eigenvalue weighted by atomic mass is 10.0. The van der Waals surface area contributed by atoms with Crippen LogP contribution in [-0.4, -0.2) is 129 Å². The standard InChI is InChI=1S/C40H59N13O12/c41-25(3-1-17-47-39(43)44)33(59)52-29(19-21-5-9-23(54)10-6-21)37(63)51-27(13-15-31(42)56)35(61)50-28(14-16-32(57)58)36(62)49-26(4-2-18-48-40(45)46)34(60)53-30(38(64)65)20-22-7-11-24(55)12-8-22/h5-12,25-30,54-55H,1-4,13-20,41H2,(H2,42,56)(H,49,62)(H,50,61)(H,51,63)(H,52,59)(H,53,60)(H,57,58)(H,64,65)(H4,43,44,47)(H4,45,46,48)/t25-,26-,27-,28-,29-,30-/m0/s1.